The molecule has 0 heterocycles. The molecule has 0 saturated heterocycles. The van der Waals surface area contributed by atoms with E-state index in [0.717, 1.165) is 0 Å². The van der Waals surface area contributed by atoms with Gasteiger partial charge in [0, 0.05) is 5.56 Å². The van der Waals surface area contributed by atoms with E-state index in [-0.39, 0.29) is 10.0 Å². The summed E-state index contributed by atoms with van der Waals surface area (Å²) in [4.78, 5) is 0. The minimum absolute atomic E-state index is 0.189. The van der Waals surface area contributed by atoms with Crippen molar-refractivity contribution in [1.82, 2.24) is 5.43 Å². The quantitative estimate of drug-likeness (QED) is 0.657. The second-order valence-electron chi connectivity index (χ2n) is 4.37. The molecule has 0 radical (unpaired) electrons. The summed E-state index contributed by atoms with van der Waals surface area (Å²) in [6.07, 6.45) is 0. The number of rotatable bonds is 3. The largest absolute Gasteiger partial charge is 0.271 e. The van der Waals surface area contributed by atoms with Crippen molar-refractivity contribution >= 4 is 15.9 Å². The van der Waals surface area contributed by atoms with Crippen LogP contribution in [0.3, 0.4) is 0 Å². The highest BCUT2D eigenvalue weighted by Gasteiger charge is 2.22. The zero-order valence-electron chi connectivity index (χ0n) is 10.6. The van der Waals surface area contributed by atoms with Crippen LogP contribution in [0.2, 0.25) is 0 Å². The van der Waals surface area contributed by atoms with E-state index in [1.807, 2.05) is 0 Å². The molecule has 0 saturated carbocycles. The second kappa shape index (κ2) is 5.95. The molecule has 20 heavy (non-hydrogen) atoms. The standard InChI is InChI=1S/C14H12BrF3N2/c1-7-2-4-11(17)12(13(7)18)14(20-19)8-3-5-10(16)9(15)6-8/h2-6,14,20H,19H2,1H3. The Morgan fingerprint density at radius 2 is 1.75 bits per heavy atom. The summed E-state index contributed by atoms with van der Waals surface area (Å²) in [7, 11) is 0. The van der Waals surface area contributed by atoms with Crippen molar-refractivity contribution in [1.29, 1.82) is 0 Å². The summed E-state index contributed by atoms with van der Waals surface area (Å²) in [6.45, 7) is 1.53. The van der Waals surface area contributed by atoms with Gasteiger partial charge in [0.1, 0.15) is 17.5 Å². The Hall–Kier alpha value is -1.37. The Bertz CT molecular complexity index is 647. The van der Waals surface area contributed by atoms with Crippen LogP contribution in [-0.4, -0.2) is 0 Å². The molecule has 3 N–H and O–H groups in total. The third-order valence-electron chi connectivity index (χ3n) is 3.05. The number of hydrazine groups is 1. The third-order valence-corrected chi connectivity index (χ3v) is 3.66. The third kappa shape index (κ3) is 2.72. The first-order chi connectivity index (χ1) is 9.45. The first-order valence-electron chi connectivity index (χ1n) is 5.81. The number of halogens is 4. The first-order valence-corrected chi connectivity index (χ1v) is 6.60. The maximum atomic E-state index is 14.1. The van der Waals surface area contributed by atoms with E-state index >= 15 is 0 Å². The zero-order chi connectivity index (χ0) is 14.9. The Morgan fingerprint density at radius 3 is 2.35 bits per heavy atom. The van der Waals surface area contributed by atoms with E-state index in [2.05, 4.69) is 21.4 Å². The summed E-state index contributed by atoms with van der Waals surface area (Å²) in [5, 5.41) is 0. The fourth-order valence-corrected chi connectivity index (χ4v) is 2.38. The van der Waals surface area contributed by atoms with Gasteiger partial charge in [-0.1, -0.05) is 12.1 Å². The van der Waals surface area contributed by atoms with Gasteiger partial charge >= 0.3 is 0 Å². The van der Waals surface area contributed by atoms with Crippen molar-refractivity contribution in [2.45, 2.75) is 13.0 Å². The summed E-state index contributed by atoms with van der Waals surface area (Å²) >= 11 is 3.04. The number of benzene rings is 2. The lowest BCUT2D eigenvalue weighted by atomic mass is 9.96. The zero-order valence-corrected chi connectivity index (χ0v) is 12.1. The van der Waals surface area contributed by atoms with Crippen molar-refractivity contribution in [3.8, 4) is 0 Å². The van der Waals surface area contributed by atoms with Gasteiger partial charge in [-0.05, 0) is 52.2 Å². The number of nitrogens with two attached hydrogens (primary N) is 1. The molecule has 2 rings (SSSR count). The number of nitrogens with one attached hydrogen (secondary N) is 1. The molecule has 0 fully saturated rings. The Balaban J connectivity index is 2.58. The molecule has 0 aliphatic rings. The molecule has 2 nitrogen and oxygen atoms in total. The average molecular weight is 345 g/mol. The highest BCUT2D eigenvalue weighted by atomic mass is 79.9. The van der Waals surface area contributed by atoms with Crippen LogP contribution in [-0.2, 0) is 0 Å². The van der Waals surface area contributed by atoms with Crippen LogP contribution in [0, 0.1) is 24.4 Å². The van der Waals surface area contributed by atoms with Crippen LogP contribution in [0.5, 0.6) is 0 Å². The van der Waals surface area contributed by atoms with Gasteiger partial charge in [-0.15, -0.1) is 0 Å². The van der Waals surface area contributed by atoms with Crippen molar-refractivity contribution < 1.29 is 13.2 Å². The van der Waals surface area contributed by atoms with Crippen LogP contribution < -0.4 is 11.3 Å². The van der Waals surface area contributed by atoms with E-state index in [9.17, 15) is 13.2 Å². The fourth-order valence-electron chi connectivity index (χ4n) is 1.98. The Kier molecular flexibility index (Phi) is 4.47. The average Bonchev–Trinajstić information content (AvgIpc) is 2.42. The molecule has 1 unspecified atom stereocenters. The van der Waals surface area contributed by atoms with Gasteiger partial charge in [0.05, 0.1) is 10.5 Å². The predicted octanol–water partition coefficient (Wildman–Crippen LogP) is 3.73. The maximum absolute atomic E-state index is 14.1. The molecule has 2 aromatic rings. The Morgan fingerprint density at radius 1 is 1.10 bits per heavy atom. The molecule has 0 aromatic heterocycles. The van der Waals surface area contributed by atoms with Gasteiger partial charge in [0.15, 0.2) is 0 Å². The molecule has 0 spiro atoms. The van der Waals surface area contributed by atoms with Crippen LogP contribution in [0.25, 0.3) is 0 Å². The van der Waals surface area contributed by atoms with Gasteiger partial charge < -0.3 is 0 Å². The van der Waals surface area contributed by atoms with E-state index in [4.69, 9.17) is 5.84 Å². The van der Waals surface area contributed by atoms with Crippen molar-refractivity contribution in [3.63, 3.8) is 0 Å². The number of hydrogen-bond acceptors (Lipinski definition) is 2. The molecule has 0 amide bonds. The van der Waals surface area contributed by atoms with Crippen LogP contribution in [0.4, 0.5) is 13.2 Å². The summed E-state index contributed by atoms with van der Waals surface area (Å²) in [6, 6.07) is 5.67. The minimum atomic E-state index is -0.910. The normalized spacial score (nSPS) is 12.5. The molecular formula is C14H12BrF3N2. The van der Waals surface area contributed by atoms with E-state index in [1.165, 1.54) is 37.3 Å². The topological polar surface area (TPSA) is 38.0 Å². The van der Waals surface area contributed by atoms with Gasteiger partial charge in [-0.25, -0.2) is 18.6 Å². The highest BCUT2D eigenvalue weighted by molar-refractivity contribution is 9.10. The van der Waals surface area contributed by atoms with Gasteiger partial charge in [-0.3, -0.25) is 5.84 Å². The molecule has 0 aliphatic carbocycles. The number of aryl methyl sites for hydroxylation is 1. The number of hydrogen-bond donors (Lipinski definition) is 2. The summed E-state index contributed by atoms with van der Waals surface area (Å²) in [5.41, 5.74) is 2.93. The van der Waals surface area contributed by atoms with Crippen molar-refractivity contribution in [2.75, 3.05) is 0 Å². The Labute approximate surface area is 122 Å². The lowest BCUT2D eigenvalue weighted by molar-refractivity contribution is 0.506. The van der Waals surface area contributed by atoms with Crippen LogP contribution >= 0.6 is 15.9 Å². The molecule has 106 valence electrons. The van der Waals surface area contributed by atoms with E-state index in [1.54, 1.807) is 0 Å². The van der Waals surface area contributed by atoms with Crippen LogP contribution in [0.15, 0.2) is 34.8 Å². The maximum Gasteiger partial charge on any atom is 0.137 e. The lowest BCUT2D eigenvalue weighted by Crippen LogP contribution is -2.30. The SMILES string of the molecule is Cc1ccc(F)c(C(NN)c2ccc(F)c(Br)c2)c1F. The lowest BCUT2D eigenvalue weighted by Gasteiger charge is -2.19. The van der Waals surface area contributed by atoms with E-state index in [0.29, 0.717) is 11.1 Å². The van der Waals surface area contributed by atoms with Crippen molar-refractivity contribution in [2.24, 2.45) is 5.84 Å². The van der Waals surface area contributed by atoms with Gasteiger partial charge in [-0.2, -0.15) is 0 Å². The van der Waals surface area contributed by atoms with Crippen molar-refractivity contribution in [3.05, 3.63) is 68.9 Å². The summed E-state index contributed by atoms with van der Waals surface area (Å²) in [5.74, 6) is 3.57. The molecular weight excluding hydrogens is 333 g/mol. The second-order valence-corrected chi connectivity index (χ2v) is 5.22. The highest BCUT2D eigenvalue weighted by Crippen LogP contribution is 2.30. The smallest absolute Gasteiger partial charge is 0.137 e. The van der Waals surface area contributed by atoms with Gasteiger partial charge in [0.25, 0.3) is 0 Å². The molecule has 2 aromatic carbocycles. The molecule has 6 heteroatoms. The van der Waals surface area contributed by atoms with Crippen LogP contribution in [0.1, 0.15) is 22.7 Å². The minimum Gasteiger partial charge on any atom is -0.271 e. The summed E-state index contributed by atoms with van der Waals surface area (Å²) < 4.78 is 41.5. The van der Waals surface area contributed by atoms with E-state index < -0.39 is 23.5 Å². The molecule has 1 atom stereocenters. The van der Waals surface area contributed by atoms with Gasteiger partial charge in [0.2, 0.25) is 0 Å². The predicted molar refractivity (Wildman–Crippen MR) is 74.4 cm³/mol. The molecule has 0 bridgehead atoms. The first kappa shape index (κ1) is 15.0. The fraction of sp³-hybridized carbons (Fsp3) is 0.143. The molecule has 0 aliphatic heterocycles. The monoisotopic (exact) mass is 344 g/mol.